The molecule has 20 heavy (non-hydrogen) atoms. The maximum absolute atomic E-state index is 10.7. The van der Waals surface area contributed by atoms with Crippen molar-refractivity contribution in [2.24, 2.45) is 0 Å². The standard InChI is InChI=1S/C16H16Cl2O2/c1-16(19,12-4-3-5-14(9-12)20-2)10-11-8-13(17)6-7-15(11)18/h3-9,19H,10H2,1-2H3. The van der Waals surface area contributed by atoms with Gasteiger partial charge in [0, 0.05) is 16.5 Å². The third-order valence-corrected chi connectivity index (χ3v) is 3.84. The quantitative estimate of drug-likeness (QED) is 0.904. The Labute approximate surface area is 128 Å². The van der Waals surface area contributed by atoms with Crippen LogP contribution in [0.3, 0.4) is 0 Å². The highest BCUT2D eigenvalue weighted by molar-refractivity contribution is 6.33. The molecule has 0 heterocycles. The molecule has 0 aliphatic rings. The molecule has 0 saturated heterocycles. The molecule has 0 saturated carbocycles. The van der Waals surface area contributed by atoms with Crippen LogP contribution in [0, 0.1) is 0 Å². The van der Waals surface area contributed by atoms with Gasteiger partial charge in [-0.25, -0.2) is 0 Å². The largest absolute Gasteiger partial charge is 0.497 e. The van der Waals surface area contributed by atoms with Crippen molar-refractivity contribution in [2.75, 3.05) is 7.11 Å². The van der Waals surface area contributed by atoms with Crippen LogP contribution in [-0.4, -0.2) is 12.2 Å². The Kier molecular flexibility index (Phi) is 4.59. The molecular weight excluding hydrogens is 295 g/mol. The van der Waals surface area contributed by atoms with Crippen molar-refractivity contribution in [3.05, 3.63) is 63.6 Å². The summed E-state index contributed by atoms with van der Waals surface area (Å²) in [6.07, 6.45) is 0.375. The molecular formula is C16H16Cl2O2. The molecule has 0 amide bonds. The van der Waals surface area contributed by atoms with Gasteiger partial charge in [-0.2, -0.15) is 0 Å². The zero-order chi connectivity index (χ0) is 14.8. The molecule has 0 fully saturated rings. The van der Waals surface area contributed by atoms with E-state index in [-0.39, 0.29) is 0 Å². The molecule has 2 aromatic carbocycles. The average Bonchev–Trinajstić information content (AvgIpc) is 2.43. The number of ether oxygens (including phenoxy) is 1. The van der Waals surface area contributed by atoms with Crippen molar-refractivity contribution in [3.8, 4) is 5.75 Å². The highest BCUT2D eigenvalue weighted by atomic mass is 35.5. The first-order chi connectivity index (χ1) is 9.42. The summed E-state index contributed by atoms with van der Waals surface area (Å²) in [6, 6.07) is 12.6. The van der Waals surface area contributed by atoms with Crippen LogP contribution in [0.1, 0.15) is 18.1 Å². The summed E-state index contributed by atoms with van der Waals surface area (Å²) in [5.74, 6) is 0.708. The number of benzene rings is 2. The van der Waals surface area contributed by atoms with Crippen molar-refractivity contribution in [3.63, 3.8) is 0 Å². The lowest BCUT2D eigenvalue weighted by Crippen LogP contribution is -2.24. The minimum Gasteiger partial charge on any atom is -0.497 e. The molecule has 0 spiro atoms. The molecule has 0 aliphatic heterocycles. The maximum atomic E-state index is 10.7. The summed E-state index contributed by atoms with van der Waals surface area (Å²) in [5, 5.41) is 11.9. The van der Waals surface area contributed by atoms with Gasteiger partial charge in [0.2, 0.25) is 0 Å². The summed E-state index contributed by atoms with van der Waals surface area (Å²) in [5.41, 5.74) is 0.531. The molecule has 0 radical (unpaired) electrons. The van der Waals surface area contributed by atoms with E-state index in [9.17, 15) is 5.11 Å². The van der Waals surface area contributed by atoms with Crippen molar-refractivity contribution in [1.82, 2.24) is 0 Å². The Morgan fingerprint density at radius 3 is 2.60 bits per heavy atom. The third kappa shape index (κ3) is 3.45. The van der Waals surface area contributed by atoms with Crippen molar-refractivity contribution >= 4 is 23.2 Å². The smallest absolute Gasteiger partial charge is 0.119 e. The molecule has 4 heteroatoms. The third-order valence-electron chi connectivity index (χ3n) is 3.23. The fraction of sp³-hybridized carbons (Fsp3) is 0.250. The van der Waals surface area contributed by atoms with E-state index < -0.39 is 5.60 Å². The predicted molar refractivity (Wildman–Crippen MR) is 82.7 cm³/mol. The lowest BCUT2D eigenvalue weighted by atomic mass is 9.89. The Balaban J connectivity index is 2.32. The number of aliphatic hydroxyl groups is 1. The van der Waals surface area contributed by atoms with Crippen LogP contribution >= 0.6 is 23.2 Å². The number of hydrogen-bond donors (Lipinski definition) is 1. The van der Waals surface area contributed by atoms with Gasteiger partial charge in [-0.15, -0.1) is 0 Å². The lowest BCUT2D eigenvalue weighted by molar-refractivity contribution is 0.0574. The SMILES string of the molecule is COc1cccc(C(C)(O)Cc2cc(Cl)ccc2Cl)c1. The molecule has 0 bridgehead atoms. The first kappa shape index (κ1) is 15.2. The van der Waals surface area contributed by atoms with Gasteiger partial charge in [-0.1, -0.05) is 35.3 Å². The van der Waals surface area contributed by atoms with Crippen LogP contribution in [0.2, 0.25) is 10.0 Å². The van der Waals surface area contributed by atoms with E-state index in [1.165, 1.54) is 0 Å². The van der Waals surface area contributed by atoms with E-state index in [1.807, 2.05) is 24.3 Å². The van der Waals surface area contributed by atoms with Gasteiger partial charge in [-0.3, -0.25) is 0 Å². The first-order valence-corrected chi connectivity index (χ1v) is 6.99. The Hall–Kier alpha value is -1.22. The average molecular weight is 311 g/mol. The van der Waals surface area contributed by atoms with Crippen LogP contribution in [0.4, 0.5) is 0 Å². The van der Waals surface area contributed by atoms with Gasteiger partial charge in [0.1, 0.15) is 5.75 Å². The molecule has 2 rings (SSSR count). The summed E-state index contributed by atoms with van der Waals surface area (Å²) >= 11 is 12.1. The molecule has 0 aliphatic carbocycles. The second-order valence-corrected chi connectivity index (χ2v) is 5.76. The fourth-order valence-electron chi connectivity index (χ4n) is 2.11. The van der Waals surface area contributed by atoms with Crippen LogP contribution < -0.4 is 4.74 Å². The van der Waals surface area contributed by atoms with E-state index in [1.54, 1.807) is 32.2 Å². The highest BCUT2D eigenvalue weighted by Crippen LogP contribution is 2.31. The van der Waals surface area contributed by atoms with Crippen LogP contribution in [-0.2, 0) is 12.0 Å². The van der Waals surface area contributed by atoms with Gasteiger partial charge in [-0.05, 0) is 48.4 Å². The van der Waals surface area contributed by atoms with E-state index in [0.29, 0.717) is 22.2 Å². The predicted octanol–water partition coefficient (Wildman–Crippen LogP) is 4.45. The van der Waals surface area contributed by atoms with Crippen molar-refractivity contribution in [1.29, 1.82) is 0 Å². The number of methoxy groups -OCH3 is 1. The molecule has 1 atom stereocenters. The maximum Gasteiger partial charge on any atom is 0.119 e. The highest BCUT2D eigenvalue weighted by Gasteiger charge is 2.25. The lowest BCUT2D eigenvalue weighted by Gasteiger charge is -2.25. The summed E-state index contributed by atoms with van der Waals surface area (Å²) in [6.45, 7) is 1.75. The number of halogens is 2. The fourth-order valence-corrected chi connectivity index (χ4v) is 2.49. The second kappa shape index (κ2) is 6.04. The van der Waals surface area contributed by atoms with Crippen LogP contribution in [0.25, 0.3) is 0 Å². The Morgan fingerprint density at radius 2 is 1.90 bits per heavy atom. The van der Waals surface area contributed by atoms with E-state index in [4.69, 9.17) is 27.9 Å². The second-order valence-electron chi connectivity index (χ2n) is 4.92. The summed E-state index contributed by atoms with van der Waals surface area (Å²) in [7, 11) is 1.60. The van der Waals surface area contributed by atoms with Gasteiger partial charge >= 0.3 is 0 Å². The van der Waals surface area contributed by atoms with Gasteiger partial charge in [0.15, 0.2) is 0 Å². The van der Waals surface area contributed by atoms with Crippen molar-refractivity contribution < 1.29 is 9.84 Å². The number of hydrogen-bond acceptors (Lipinski definition) is 2. The van der Waals surface area contributed by atoms with E-state index in [2.05, 4.69) is 0 Å². The molecule has 106 valence electrons. The Bertz CT molecular complexity index is 609. The van der Waals surface area contributed by atoms with Gasteiger partial charge < -0.3 is 9.84 Å². The van der Waals surface area contributed by atoms with Gasteiger partial charge in [0.25, 0.3) is 0 Å². The summed E-state index contributed by atoms with van der Waals surface area (Å²) < 4.78 is 5.18. The first-order valence-electron chi connectivity index (χ1n) is 6.23. The minimum atomic E-state index is -1.05. The molecule has 0 aromatic heterocycles. The molecule has 2 nitrogen and oxygen atoms in total. The van der Waals surface area contributed by atoms with E-state index in [0.717, 1.165) is 11.1 Å². The zero-order valence-electron chi connectivity index (χ0n) is 11.4. The zero-order valence-corrected chi connectivity index (χ0v) is 12.9. The minimum absolute atomic E-state index is 0.375. The number of rotatable bonds is 4. The van der Waals surface area contributed by atoms with Crippen molar-refractivity contribution in [2.45, 2.75) is 18.9 Å². The molecule has 1 unspecified atom stereocenters. The summed E-state index contributed by atoms with van der Waals surface area (Å²) in [4.78, 5) is 0. The van der Waals surface area contributed by atoms with Crippen LogP contribution in [0.15, 0.2) is 42.5 Å². The normalized spacial score (nSPS) is 13.8. The van der Waals surface area contributed by atoms with Gasteiger partial charge in [0.05, 0.1) is 12.7 Å². The topological polar surface area (TPSA) is 29.5 Å². The van der Waals surface area contributed by atoms with Crippen LogP contribution in [0.5, 0.6) is 5.75 Å². The monoisotopic (exact) mass is 310 g/mol. The van der Waals surface area contributed by atoms with E-state index >= 15 is 0 Å². The Morgan fingerprint density at radius 1 is 1.15 bits per heavy atom. The molecule has 2 aromatic rings. The molecule has 1 N–H and O–H groups in total.